The van der Waals surface area contributed by atoms with E-state index >= 15 is 0 Å². The number of hydrogen-bond donors (Lipinski definition) is 1. The average molecular weight is 383 g/mol. The molecular weight excluding hydrogens is 370 g/mol. The maximum Gasteiger partial charge on any atom is 0.126 e. The summed E-state index contributed by atoms with van der Waals surface area (Å²) in [5.41, 5.74) is 8.49. The number of ether oxygens (including phenoxy) is 1. The second kappa shape index (κ2) is 5.27. The van der Waals surface area contributed by atoms with Crippen LogP contribution in [0.1, 0.15) is 29.7 Å². The van der Waals surface area contributed by atoms with E-state index in [0.29, 0.717) is 0 Å². The molecule has 2 N–H and O–H groups in total. The summed E-state index contributed by atoms with van der Waals surface area (Å²) in [7, 11) is 0. The molecule has 0 fully saturated rings. The minimum absolute atomic E-state index is 0.0184. The molecule has 0 saturated heterocycles. The molecule has 0 aromatic heterocycles. The van der Waals surface area contributed by atoms with Crippen molar-refractivity contribution in [3.8, 4) is 5.75 Å². The molecule has 4 heteroatoms. The zero-order valence-electron chi connectivity index (χ0n) is 10.1. The molecule has 19 heavy (non-hydrogen) atoms. The van der Waals surface area contributed by atoms with Crippen molar-refractivity contribution in [1.82, 2.24) is 0 Å². The summed E-state index contributed by atoms with van der Waals surface area (Å²) >= 11 is 6.91. The second-order valence-corrected chi connectivity index (χ2v) is 6.51. The first-order valence-corrected chi connectivity index (χ1v) is 7.69. The Morgan fingerprint density at radius 2 is 1.68 bits per heavy atom. The largest absolute Gasteiger partial charge is 0.485 e. The summed E-state index contributed by atoms with van der Waals surface area (Å²) < 4.78 is 8.16. The Morgan fingerprint density at radius 1 is 1.00 bits per heavy atom. The summed E-state index contributed by atoms with van der Waals surface area (Å²) in [6.07, 6.45) is 0.820. The van der Waals surface area contributed by atoms with E-state index < -0.39 is 0 Å². The molecule has 0 radical (unpaired) electrons. The molecule has 0 bridgehead atoms. The third-order valence-corrected chi connectivity index (χ3v) is 4.38. The van der Waals surface area contributed by atoms with Gasteiger partial charge in [-0.3, -0.25) is 0 Å². The number of fused-ring (bicyclic) bond motifs is 1. The highest BCUT2D eigenvalue weighted by Crippen LogP contribution is 2.40. The highest BCUT2D eigenvalue weighted by atomic mass is 79.9. The molecule has 3 rings (SSSR count). The van der Waals surface area contributed by atoms with E-state index in [1.54, 1.807) is 0 Å². The van der Waals surface area contributed by atoms with Crippen LogP contribution in [-0.2, 0) is 0 Å². The standard InChI is InChI=1S/C15H13Br2NO/c16-10-3-1-9(2-4-10)14-8-13(18)12-6-5-11(17)7-15(12)19-14/h1-7,13-14H,8,18H2. The number of hydrogen-bond acceptors (Lipinski definition) is 2. The van der Waals surface area contributed by atoms with Crippen molar-refractivity contribution < 1.29 is 4.74 Å². The normalized spacial score (nSPS) is 21.6. The lowest BCUT2D eigenvalue weighted by atomic mass is 9.94. The van der Waals surface area contributed by atoms with Crippen LogP contribution >= 0.6 is 31.9 Å². The smallest absolute Gasteiger partial charge is 0.126 e. The molecule has 2 aromatic carbocycles. The van der Waals surface area contributed by atoms with Crippen molar-refractivity contribution in [2.45, 2.75) is 18.6 Å². The topological polar surface area (TPSA) is 35.2 Å². The molecular formula is C15H13Br2NO. The molecule has 1 aliphatic rings. The van der Waals surface area contributed by atoms with Crippen LogP contribution in [0.15, 0.2) is 51.4 Å². The molecule has 2 atom stereocenters. The molecule has 0 saturated carbocycles. The van der Waals surface area contributed by atoms with Gasteiger partial charge in [-0.1, -0.05) is 50.1 Å². The van der Waals surface area contributed by atoms with Gasteiger partial charge in [0.2, 0.25) is 0 Å². The molecule has 2 unspecified atom stereocenters. The van der Waals surface area contributed by atoms with Gasteiger partial charge in [-0.15, -0.1) is 0 Å². The Hall–Kier alpha value is -0.840. The summed E-state index contributed by atoms with van der Waals surface area (Å²) in [5.74, 6) is 0.876. The predicted octanol–water partition coefficient (Wildman–Crippen LogP) is 4.74. The minimum Gasteiger partial charge on any atom is -0.485 e. The van der Waals surface area contributed by atoms with E-state index in [4.69, 9.17) is 10.5 Å². The lowest BCUT2D eigenvalue weighted by Crippen LogP contribution is -2.24. The molecule has 0 amide bonds. The van der Waals surface area contributed by atoms with E-state index in [9.17, 15) is 0 Å². The van der Waals surface area contributed by atoms with E-state index in [2.05, 4.69) is 44.0 Å². The van der Waals surface area contributed by atoms with Gasteiger partial charge in [0.05, 0.1) is 0 Å². The van der Waals surface area contributed by atoms with Crippen molar-refractivity contribution in [1.29, 1.82) is 0 Å². The van der Waals surface area contributed by atoms with Gasteiger partial charge >= 0.3 is 0 Å². The monoisotopic (exact) mass is 381 g/mol. The Bertz CT molecular complexity index is 598. The third kappa shape index (κ3) is 2.71. The Labute approximate surface area is 129 Å². The average Bonchev–Trinajstić information content (AvgIpc) is 2.38. The van der Waals surface area contributed by atoms with Crippen LogP contribution in [0.3, 0.4) is 0 Å². The number of nitrogens with two attached hydrogens (primary N) is 1. The minimum atomic E-state index is 0.0184. The summed E-state index contributed by atoms with van der Waals surface area (Å²) in [4.78, 5) is 0. The number of rotatable bonds is 1. The maximum absolute atomic E-state index is 6.25. The summed E-state index contributed by atoms with van der Waals surface area (Å²) in [6.45, 7) is 0. The van der Waals surface area contributed by atoms with Gasteiger partial charge in [-0.05, 0) is 29.8 Å². The van der Waals surface area contributed by atoms with Crippen molar-refractivity contribution in [2.75, 3.05) is 0 Å². The van der Waals surface area contributed by atoms with E-state index in [1.165, 1.54) is 0 Å². The summed E-state index contributed by atoms with van der Waals surface area (Å²) in [6, 6.07) is 14.2. The maximum atomic E-state index is 6.25. The lowest BCUT2D eigenvalue weighted by molar-refractivity contribution is 0.161. The SMILES string of the molecule is NC1CC(c2ccc(Br)cc2)Oc2cc(Br)ccc21. The van der Waals surface area contributed by atoms with Crippen LogP contribution in [-0.4, -0.2) is 0 Å². The molecule has 98 valence electrons. The van der Waals surface area contributed by atoms with Gasteiger partial charge in [-0.25, -0.2) is 0 Å². The fourth-order valence-electron chi connectivity index (χ4n) is 2.36. The predicted molar refractivity (Wildman–Crippen MR) is 83.2 cm³/mol. The Kier molecular flexibility index (Phi) is 3.65. The second-order valence-electron chi connectivity index (χ2n) is 4.68. The van der Waals surface area contributed by atoms with Crippen molar-refractivity contribution in [3.05, 3.63) is 62.5 Å². The van der Waals surface area contributed by atoms with Crippen LogP contribution < -0.4 is 10.5 Å². The first-order valence-electron chi connectivity index (χ1n) is 6.10. The zero-order chi connectivity index (χ0) is 13.4. The fourth-order valence-corrected chi connectivity index (χ4v) is 2.96. The Balaban J connectivity index is 1.93. The molecule has 2 nitrogen and oxygen atoms in total. The van der Waals surface area contributed by atoms with Gasteiger partial charge in [0, 0.05) is 27.0 Å². The van der Waals surface area contributed by atoms with Gasteiger partial charge in [0.15, 0.2) is 0 Å². The molecule has 2 aromatic rings. The zero-order valence-corrected chi connectivity index (χ0v) is 13.3. The van der Waals surface area contributed by atoms with Gasteiger partial charge in [0.1, 0.15) is 11.9 Å². The van der Waals surface area contributed by atoms with Gasteiger partial charge in [-0.2, -0.15) is 0 Å². The number of halogens is 2. The Morgan fingerprint density at radius 3 is 2.42 bits per heavy atom. The quantitative estimate of drug-likeness (QED) is 0.773. The lowest BCUT2D eigenvalue weighted by Gasteiger charge is -2.30. The van der Waals surface area contributed by atoms with Gasteiger partial charge in [0.25, 0.3) is 0 Å². The van der Waals surface area contributed by atoms with Crippen molar-refractivity contribution >= 4 is 31.9 Å². The highest BCUT2D eigenvalue weighted by Gasteiger charge is 2.27. The van der Waals surface area contributed by atoms with Crippen LogP contribution in [0, 0.1) is 0 Å². The molecule has 1 aliphatic heterocycles. The van der Waals surface area contributed by atoms with Crippen LogP contribution in [0.25, 0.3) is 0 Å². The molecule has 0 spiro atoms. The van der Waals surface area contributed by atoms with Crippen LogP contribution in [0.2, 0.25) is 0 Å². The van der Waals surface area contributed by atoms with E-state index in [-0.39, 0.29) is 12.1 Å². The summed E-state index contributed by atoms with van der Waals surface area (Å²) in [5, 5.41) is 0. The fraction of sp³-hybridized carbons (Fsp3) is 0.200. The van der Waals surface area contributed by atoms with Crippen LogP contribution in [0.5, 0.6) is 5.75 Å². The first-order chi connectivity index (χ1) is 9.13. The first kappa shape index (κ1) is 13.2. The van der Waals surface area contributed by atoms with E-state index in [1.807, 2.05) is 30.3 Å². The van der Waals surface area contributed by atoms with Crippen molar-refractivity contribution in [2.24, 2.45) is 5.73 Å². The highest BCUT2D eigenvalue weighted by molar-refractivity contribution is 9.10. The number of benzene rings is 2. The van der Waals surface area contributed by atoms with Crippen LogP contribution in [0.4, 0.5) is 0 Å². The molecule has 0 aliphatic carbocycles. The van der Waals surface area contributed by atoms with E-state index in [0.717, 1.165) is 32.2 Å². The molecule has 1 heterocycles. The van der Waals surface area contributed by atoms with Crippen molar-refractivity contribution in [3.63, 3.8) is 0 Å². The third-order valence-electron chi connectivity index (χ3n) is 3.35. The van der Waals surface area contributed by atoms with Gasteiger partial charge < -0.3 is 10.5 Å².